The van der Waals surface area contributed by atoms with E-state index in [2.05, 4.69) is 5.32 Å². The van der Waals surface area contributed by atoms with Gasteiger partial charge in [0.15, 0.2) is 0 Å². The number of benzene rings is 1. The minimum atomic E-state index is -0.117. The Morgan fingerprint density at radius 1 is 1.32 bits per heavy atom. The van der Waals surface area contributed by atoms with Crippen LogP contribution in [0.4, 0.5) is 0 Å². The molecule has 25 heavy (non-hydrogen) atoms. The SMILES string of the molecule is COc1cccc([C@@H]2CCCN2C(=O)CCNC(=O)c2cccs2)c1. The zero-order valence-corrected chi connectivity index (χ0v) is 15.1. The molecule has 2 aromatic rings. The largest absolute Gasteiger partial charge is 0.497 e. The lowest BCUT2D eigenvalue weighted by Gasteiger charge is -2.25. The third-order valence-corrected chi connectivity index (χ3v) is 5.29. The molecule has 0 aliphatic carbocycles. The van der Waals surface area contributed by atoms with E-state index in [0.29, 0.717) is 17.8 Å². The summed E-state index contributed by atoms with van der Waals surface area (Å²) in [7, 11) is 1.65. The normalized spacial score (nSPS) is 16.7. The van der Waals surface area contributed by atoms with Crippen molar-refractivity contribution >= 4 is 23.2 Å². The summed E-state index contributed by atoms with van der Waals surface area (Å²) in [6, 6.07) is 11.6. The van der Waals surface area contributed by atoms with Gasteiger partial charge in [0.25, 0.3) is 5.91 Å². The van der Waals surface area contributed by atoms with Gasteiger partial charge >= 0.3 is 0 Å². The Morgan fingerprint density at radius 2 is 2.20 bits per heavy atom. The predicted molar refractivity (Wildman–Crippen MR) is 98.0 cm³/mol. The molecule has 1 fully saturated rings. The van der Waals surface area contributed by atoms with Crippen LogP contribution in [0.25, 0.3) is 0 Å². The van der Waals surface area contributed by atoms with E-state index in [1.54, 1.807) is 13.2 Å². The maximum absolute atomic E-state index is 12.6. The van der Waals surface area contributed by atoms with Crippen LogP contribution in [0.3, 0.4) is 0 Å². The summed E-state index contributed by atoms with van der Waals surface area (Å²) in [4.78, 5) is 27.1. The lowest BCUT2D eigenvalue weighted by atomic mass is 10.0. The summed E-state index contributed by atoms with van der Waals surface area (Å²) < 4.78 is 5.29. The number of hydrogen-bond donors (Lipinski definition) is 1. The van der Waals surface area contributed by atoms with E-state index in [4.69, 9.17) is 4.74 Å². The topological polar surface area (TPSA) is 58.6 Å². The Bertz CT molecular complexity index is 730. The first kappa shape index (κ1) is 17.5. The van der Waals surface area contributed by atoms with Crippen molar-refractivity contribution in [2.24, 2.45) is 0 Å². The van der Waals surface area contributed by atoms with Crippen molar-refractivity contribution < 1.29 is 14.3 Å². The van der Waals surface area contributed by atoms with Crippen molar-refractivity contribution in [1.82, 2.24) is 10.2 Å². The fraction of sp³-hybridized carbons (Fsp3) is 0.368. The van der Waals surface area contributed by atoms with Gasteiger partial charge in [0, 0.05) is 19.5 Å². The Balaban J connectivity index is 1.56. The number of carbonyl (C=O) groups excluding carboxylic acids is 2. The van der Waals surface area contributed by atoms with Gasteiger partial charge in [-0.3, -0.25) is 9.59 Å². The highest BCUT2D eigenvalue weighted by molar-refractivity contribution is 7.12. The smallest absolute Gasteiger partial charge is 0.261 e. The van der Waals surface area contributed by atoms with E-state index in [1.165, 1.54) is 11.3 Å². The van der Waals surface area contributed by atoms with E-state index in [-0.39, 0.29) is 17.9 Å². The molecule has 1 saturated heterocycles. The number of rotatable bonds is 6. The molecule has 2 amide bonds. The minimum absolute atomic E-state index is 0.0804. The Labute approximate surface area is 151 Å². The molecule has 0 unspecified atom stereocenters. The molecule has 1 aliphatic rings. The molecule has 1 atom stereocenters. The van der Waals surface area contributed by atoms with Gasteiger partial charge in [-0.1, -0.05) is 18.2 Å². The fourth-order valence-corrected chi connectivity index (χ4v) is 3.82. The molecule has 0 bridgehead atoms. The van der Waals surface area contributed by atoms with Crippen molar-refractivity contribution in [1.29, 1.82) is 0 Å². The summed E-state index contributed by atoms with van der Waals surface area (Å²) in [6.45, 7) is 1.12. The van der Waals surface area contributed by atoms with E-state index in [9.17, 15) is 9.59 Å². The molecule has 0 radical (unpaired) electrons. The van der Waals surface area contributed by atoms with E-state index < -0.39 is 0 Å². The minimum Gasteiger partial charge on any atom is -0.497 e. The van der Waals surface area contributed by atoms with Crippen LogP contribution < -0.4 is 10.1 Å². The monoisotopic (exact) mass is 358 g/mol. The molecule has 3 rings (SSSR count). The van der Waals surface area contributed by atoms with E-state index >= 15 is 0 Å². The summed E-state index contributed by atoms with van der Waals surface area (Å²) in [5.41, 5.74) is 1.10. The maximum atomic E-state index is 12.6. The van der Waals surface area contributed by atoms with Crippen LogP contribution in [0.1, 0.15) is 40.5 Å². The molecule has 132 valence electrons. The second kappa shape index (κ2) is 8.16. The molecule has 0 spiro atoms. The van der Waals surface area contributed by atoms with Crippen LogP contribution in [-0.4, -0.2) is 36.9 Å². The molecule has 1 aromatic carbocycles. The fourth-order valence-electron chi connectivity index (χ4n) is 3.18. The molecule has 6 heteroatoms. The Kier molecular flexibility index (Phi) is 5.71. The van der Waals surface area contributed by atoms with Crippen molar-refractivity contribution in [3.05, 3.63) is 52.2 Å². The van der Waals surface area contributed by atoms with Crippen LogP contribution in [-0.2, 0) is 4.79 Å². The first-order valence-corrected chi connectivity index (χ1v) is 9.32. The third kappa shape index (κ3) is 4.20. The zero-order chi connectivity index (χ0) is 17.6. The molecule has 2 heterocycles. The van der Waals surface area contributed by atoms with Crippen molar-refractivity contribution in [2.45, 2.75) is 25.3 Å². The second-order valence-electron chi connectivity index (χ2n) is 6.00. The molecular weight excluding hydrogens is 336 g/mol. The lowest BCUT2D eigenvalue weighted by molar-refractivity contribution is -0.132. The molecule has 5 nitrogen and oxygen atoms in total. The Morgan fingerprint density at radius 3 is 2.96 bits per heavy atom. The number of amides is 2. The summed E-state index contributed by atoms with van der Waals surface area (Å²) >= 11 is 1.40. The van der Waals surface area contributed by atoms with E-state index in [0.717, 1.165) is 30.7 Å². The van der Waals surface area contributed by atoms with Crippen LogP contribution in [0.15, 0.2) is 41.8 Å². The van der Waals surface area contributed by atoms with Gasteiger partial charge in [-0.2, -0.15) is 0 Å². The highest BCUT2D eigenvalue weighted by Crippen LogP contribution is 2.33. The maximum Gasteiger partial charge on any atom is 0.261 e. The van der Waals surface area contributed by atoms with Crippen LogP contribution >= 0.6 is 11.3 Å². The average molecular weight is 358 g/mol. The summed E-state index contributed by atoms with van der Waals surface area (Å²) in [5, 5.41) is 4.68. The highest BCUT2D eigenvalue weighted by Gasteiger charge is 2.29. The van der Waals surface area contributed by atoms with Crippen molar-refractivity contribution in [2.75, 3.05) is 20.2 Å². The number of thiophene rings is 1. The quantitative estimate of drug-likeness (QED) is 0.862. The molecule has 1 aliphatic heterocycles. The molecule has 0 saturated carbocycles. The van der Waals surface area contributed by atoms with Gasteiger partial charge in [0.2, 0.25) is 5.91 Å². The summed E-state index contributed by atoms with van der Waals surface area (Å²) in [5.74, 6) is 0.769. The molecule has 1 N–H and O–H groups in total. The second-order valence-corrected chi connectivity index (χ2v) is 6.95. The van der Waals surface area contributed by atoms with Crippen molar-refractivity contribution in [3.63, 3.8) is 0 Å². The lowest BCUT2D eigenvalue weighted by Crippen LogP contribution is -2.34. The van der Waals surface area contributed by atoms with Crippen LogP contribution in [0.5, 0.6) is 5.75 Å². The highest BCUT2D eigenvalue weighted by atomic mass is 32.1. The number of nitrogens with one attached hydrogen (secondary N) is 1. The van der Waals surface area contributed by atoms with Gasteiger partial charge < -0.3 is 15.0 Å². The standard InChI is InChI=1S/C19H22N2O3S/c1-24-15-6-2-5-14(13-15)16-7-3-11-21(16)18(22)9-10-20-19(23)17-8-4-12-25-17/h2,4-6,8,12-13,16H,3,7,9-11H2,1H3,(H,20,23)/t16-/m0/s1. The number of likely N-dealkylation sites (tertiary alicyclic amines) is 1. The zero-order valence-electron chi connectivity index (χ0n) is 14.2. The van der Waals surface area contributed by atoms with Crippen LogP contribution in [0.2, 0.25) is 0 Å². The summed E-state index contributed by atoms with van der Waals surface area (Å²) in [6.07, 6.45) is 2.27. The number of ether oxygens (including phenoxy) is 1. The molecular formula is C19H22N2O3S. The first-order valence-electron chi connectivity index (χ1n) is 8.44. The number of hydrogen-bond acceptors (Lipinski definition) is 4. The number of nitrogens with zero attached hydrogens (tertiary/aromatic N) is 1. The van der Waals surface area contributed by atoms with Crippen LogP contribution in [0, 0.1) is 0 Å². The van der Waals surface area contributed by atoms with Gasteiger partial charge in [-0.15, -0.1) is 11.3 Å². The number of carbonyl (C=O) groups is 2. The Hall–Kier alpha value is -2.34. The van der Waals surface area contributed by atoms with Gasteiger partial charge in [-0.25, -0.2) is 0 Å². The first-order chi connectivity index (χ1) is 12.2. The van der Waals surface area contributed by atoms with Gasteiger partial charge in [0.1, 0.15) is 5.75 Å². The average Bonchev–Trinajstić information content (AvgIpc) is 3.33. The van der Waals surface area contributed by atoms with Crippen molar-refractivity contribution in [3.8, 4) is 5.75 Å². The molecule has 1 aromatic heterocycles. The van der Waals surface area contributed by atoms with Gasteiger partial charge in [0.05, 0.1) is 18.0 Å². The number of methoxy groups -OCH3 is 1. The van der Waals surface area contributed by atoms with E-state index in [1.807, 2.05) is 40.6 Å². The third-order valence-electron chi connectivity index (χ3n) is 4.42. The van der Waals surface area contributed by atoms with Gasteiger partial charge in [-0.05, 0) is 42.0 Å². The predicted octanol–water partition coefficient (Wildman–Crippen LogP) is 3.24.